The quantitative estimate of drug-likeness (QED) is 0.773. The molecule has 3 atom stereocenters. The van der Waals surface area contributed by atoms with Crippen molar-refractivity contribution in [3.05, 3.63) is 18.1 Å². The number of hydrogen-bond donors (Lipinski definition) is 0. The lowest BCUT2D eigenvalue weighted by atomic mass is 9.96. The SMILES string of the molecule is COc1cc(CC(Cl)C2CC3CC3C2)ncn1. The van der Waals surface area contributed by atoms with Crippen LogP contribution in [0.15, 0.2) is 12.4 Å². The van der Waals surface area contributed by atoms with Crippen molar-refractivity contribution < 1.29 is 4.74 Å². The highest BCUT2D eigenvalue weighted by atomic mass is 35.5. The Bertz CT molecular complexity index is 402. The molecule has 0 N–H and O–H groups in total. The van der Waals surface area contributed by atoms with Gasteiger partial charge >= 0.3 is 0 Å². The number of ether oxygens (including phenoxy) is 1. The van der Waals surface area contributed by atoms with Gasteiger partial charge in [0, 0.05) is 23.6 Å². The van der Waals surface area contributed by atoms with Crippen molar-refractivity contribution in [2.75, 3.05) is 7.11 Å². The monoisotopic (exact) mass is 252 g/mol. The molecule has 0 radical (unpaired) electrons. The minimum absolute atomic E-state index is 0.211. The van der Waals surface area contributed by atoms with Crippen molar-refractivity contribution in [3.8, 4) is 5.88 Å². The summed E-state index contributed by atoms with van der Waals surface area (Å²) < 4.78 is 5.09. The van der Waals surface area contributed by atoms with Crippen molar-refractivity contribution in [2.45, 2.75) is 31.1 Å². The summed E-state index contributed by atoms with van der Waals surface area (Å²) in [6.07, 6.45) is 6.46. The molecule has 0 amide bonds. The molecular weight excluding hydrogens is 236 g/mol. The van der Waals surface area contributed by atoms with Gasteiger partial charge in [0.25, 0.3) is 0 Å². The van der Waals surface area contributed by atoms with Crippen LogP contribution in [0.25, 0.3) is 0 Å². The second-order valence-electron chi connectivity index (χ2n) is 5.26. The Balaban J connectivity index is 1.61. The van der Waals surface area contributed by atoms with E-state index in [1.165, 1.54) is 19.3 Å². The van der Waals surface area contributed by atoms with Crippen LogP contribution in [0.5, 0.6) is 5.88 Å². The summed E-state index contributed by atoms with van der Waals surface area (Å²) in [4.78, 5) is 8.26. The third-order valence-electron chi connectivity index (χ3n) is 4.10. The van der Waals surface area contributed by atoms with Crippen LogP contribution in [0.2, 0.25) is 0 Å². The van der Waals surface area contributed by atoms with Crippen LogP contribution in [-0.2, 0) is 6.42 Å². The summed E-state index contributed by atoms with van der Waals surface area (Å²) in [5.41, 5.74) is 0.984. The van der Waals surface area contributed by atoms with Gasteiger partial charge in [-0.3, -0.25) is 0 Å². The molecule has 0 bridgehead atoms. The lowest BCUT2D eigenvalue weighted by Crippen LogP contribution is -2.16. The third-order valence-corrected chi connectivity index (χ3v) is 4.61. The van der Waals surface area contributed by atoms with Crippen molar-refractivity contribution in [1.29, 1.82) is 0 Å². The van der Waals surface area contributed by atoms with Crippen molar-refractivity contribution in [2.24, 2.45) is 17.8 Å². The first kappa shape index (κ1) is 11.3. The van der Waals surface area contributed by atoms with Gasteiger partial charge in [0.1, 0.15) is 6.33 Å². The lowest BCUT2D eigenvalue weighted by molar-refractivity contribution is 0.395. The van der Waals surface area contributed by atoms with Crippen molar-refractivity contribution >= 4 is 11.6 Å². The van der Waals surface area contributed by atoms with Crippen LogP contribution < -0.4 is 4.74 Å². The lowest BCUT2D eigenvalue weighted by Gasteiger charge is -2.18. The van der Waals surface area contributed by atoms with E-state index in [1.54, 1.807) is 13.4 Å². The fourth-order valence-corrected chi connectivity index (χ4v) is 3.39. The number of nitrogens with zero attached hydrogens (tertiary/aromatic N) is 2. The fourth-order valence-electron chi connectivity index (χ4n) is 3.02. The molecule has 0 saturated heterocycles. The second-order valence-corrected chi connectivity index (χ2v) is 5.82. The van der Waals surface area contributed by atoms with Crippen molar-refractivity contribution in [1.82, 2.24) is 9.97 Å². The topological polar surface area (TPSA) is 35.0 Å². The average molecular weight is 253 g/mol. The number of aromatic nitrogens is 2. The maximum absolute atomic E-state index is 6.50. The average Bonchev–Trinajstić information content (AvgIpc) is 2.96. The summed E-state index contributed by atoms with van der Waals surface area (Å²) in [5.74, 6) is 3.27. The van der Waals surface area contributed by atoms with Crippen LogP contribution >= 0.6 is 11.6 Å². The van der Waals surface area contributed by atoms with E-state index >= 15 is 0 Å². The minimum atomic E-state index is 0.211. The zero-order valence-electron chi connectivity index (χ0n) is 9.97. The Labute approximate surface area is 107 Å². The van der Waals surface area contributed by atoms with Crippen LogP contribution in [-0.4, -0.2) is 22.5 Å². The first-order chi connectivity index (χ1) is 8.26. The minimum Gasteiger partial charge on any atom is -0.481 e. The van der Waals surface area contributed by atoms with E-state index in [1.807, 2.05) is 6.07 Å². The van der Waals surface area contributed by atoms with Gasteiger partial charge < -0.3 is 4.74 Å². The molecule has 4 heteroatoms. The Hall–Kier alpha value is -0.830. The van der Waals surface area contributed by atoms with Crippen LogP contribution in [0.3, 0.4) is 0 Å². The summed E-state index contributed by atoms with van der Waals surface area (Å²) in [6, 6.07) is 1.88. The predicted molar refractivity (Wildman–Crippen MR) is 66.3 cm³/mol. The van der Waals surface area contributed by atoms with Gasteiger partial charge in [-0.1, -0.05) is 0 Å². The van der Waals surface area contributed by atoms with E-state index in [0.29, 0.717) is 11.8 Å². The van der Waals surface area contributed by atoms with E-state index < -0.39 is 0 Å². The molecule has 3 unspecified atom stereocenters. The Morgan fingerprint density at radius 1 is 1.35 bits per heavy atom. The van der Waals surface area contributed by atoms with Gasteiger partial charge in [0.15, 0.2) is 0 Å². The zero-order chi connectivity index (χ0) is 11.8. The highest BCUT2D eigenvalue weighted by Crippen LogP contribution is 2.55. The smallest absolute Gasteiger partial charge is 0.216 e. The Morgan fingerprint density at radius 2 is 2.12 bits per heavy atom. The highest BCUT2D eigenvalue weighted by Gasteiger charge is 2.47. The maximum atomic E-state index is 6.50. The number of rotatable bonds is 4. The van der Waals surface area contributed by atoms with Crippen LogP contribution in [0.1, 0.15) is 25.0 Å². The van der Waals surface area contributed by atoms with E-state index in [4.69, 9.17) is 16.3 Å². The van der Waals surface area contributed by atoms with E-state index in [2.05, 4.69) is 9.97 Å². The Kier molecular flexibility index (Phi) is 2.95. The normalized spacial score (nSPS) is 32.0. The molecule has 3 nitrogen and oxygen atoms in total. The molecule has 17 heavy (non-hydrogen) atoms. The first-order valence-electron chi connectivity index (χ1n) is 6.25. The van der Waals surface area contributed by atoms with Gasteiger partial charge in [0.05, 0.1) is 7.11 Å². The summed E-state index contributed by atoms with van der Waals surface area (Å²) in [7, 11) is 1.62. The predicted octanol–water partition coefficient (Wildman–Crippen LogP) is 2.68. The molecule has 1 aromatic rings. The van der Waals surface area contributed by atoms with Gasteiger partial charge in [-0.05, 0) is 37.0 Å². The van der Waals surface area contributed by atoms with Gasteiger partial charge in [-0.25, -0.2) is 9.97 Å². The molecule has 2 aliphatic rings. The summed E-state index contributed by atoms with van der Waals surface area (Å²) >= 11 is 6.50. The van der Waals surface area contributed by atoms with Gasteiger partial charge in [0.2, 0.25) is 5.88 Å². The number of alkyl halides is 1. The standard InChI is InChI=1S/C13H17ClN2O/c1-17-13-6-11(15-7-16-13)5-12(14)10-3-8-2-9(8)4-10/h6-10,12H,2-5H2,1H3. The van der Waals surface area contributed by atoms with Crippen LogP contribution in [0, 0.1) is 17.8 Å². The molecule has 0 aromatic carbocycles. The largest absolute Gasteiger partial charge is 0.481 e. The summed E-state index contributed by atoms with van der Waals surface area (Å²) in [5, 5.41) is 0.211. The van der Waals surface area contributed by atoms with E-state index in [-0.39, 0.29) is 5.38 Å². The highest BCUT2D eigenvalue weighted by molar-refractivity contribution is 6.20. The maximum Gasteiger partial charge on any atom is 0.216 e. The molecule has 3 rings (SSSR count). The molecular formula is C13H17ClN2O. The molecule has 2 saturated carbocycles. The first-order valence-corrected chi connectivity index (χ1v) is 6.69. The molecule has 1 aromatic heterocycles. The van der Waals surface area contributed by atoms with E-state index in [0.717, 1.165) is 24.0 Å². The zero-order valence-corrected chi connectivity index (χ0v) is 10.7. The summed E-state index contributed by atoms with van der Waals surface area (Å²) in [6.45, 7) is 0. The number of halogens is 1. The molecule has 0 spiro atoms. The molecule has 0 aliphatic heterocycles. The second kappa shape index (κ2) is 4.45. The number of hydrogen-bond acceptors (Lipinski definition) is 3. The molecule has 2 fully saturated rings. The van der Waals surface area contributed by atoms with Crippen molar-refractivity contribution in [3.63, 3.8) is 0 Å². The number of methoxy groups -OCH3 is 1. The molecule has 2 aliphatic carbocycles. The molecule has 1 heterocycles. The van der Waals surface area contributed by atoms with Crippen LogP contribution in [0.4, 0.5) is 0 Å². The van der Waals surface area contributed by atoms with Gasteiger partial charge in [-0.15, -0.1) is 11.6 Å². The van der Waals surface area contributed by atoms with E-state index in [9.17, 15) is 0 Å². The van der Waals surface area contributed by atoms with Gasteiger partial charge in [-0.2, -0.15) is 0 Å². The number of fused-ring (bicyclic) bond motifs is 1. The molecule has 92 valence electrons. The third kappa shape index (κ3) is 2.39. The fraction of sp³-hybridized carbons (Fsp3) is 0.692. The Morgan fingerprint density at radius 3 is 2.82 bits per heavy atom.